The molecular weight excluding hydrogens is 431 g/mol. The fourth-order valence-electron chi connectivity index (χ4n) is 3.17. The molecule has 0 aliphatic rings. The molecule has 2 aromatic carbocycles. The summed E-state index contributed by atoms with van der Waals surface area (Å²) in [5.74, 6) is 0. The molecule has 0 fully saturated rings. The highest BCUT2D eigenvalue weighted by molar-refractivity contribution is 6.36. The van der Waals surface area contributed by atoms with Gasteiger partial charge in [0.2, 0.25) is 10.9 Å². The van der Waals surface area contributed by atoms with Crippen LogP contribution in [-0.2, 0) is 0 Å². The van der Waals surface area contributed by atoms with Gasteiger partial charge in [0.05, 0.1) is 0 Å². The van der Waals surface area contributed by atoms with Gasteiger partial charge < -0.3 is 13.8 Å². The lowest BCUT2D eigenvalue weighted by molar-refractivity contribution is 0.660. The van der Waals surface area contributed by atoms with Gasteiger partial charge in [-0.1, -0.05) is 35.9 Å². The van der Waals surface area contributed by atoms with Crippen molar-refractivity contribution in [2.45, 2.75) is 0 Å². The Bertz CT molecular complexity index is 1680. The molecule has 0 unspecified atom stereocenters. The summed E-state index contributed by atoms with van der Waals surface area (Å²) in [5.41, 5.74) is 1.99. The van der Waals surface area contributed by atoms with Crippen LogP contribution in [0.25, 0.3) is 44.1 Å². The smallest absolute Gasteiger partial charge is 0.326 e. The molecule has 0 radical (unpaired) electrons. The van der Waals surface area contributed by atoms with Crippen molar-refractivity contribution in [3.8, 4) is 0 Å². The van der Waals surface area contributed by atoms with Crippen LogP contribution in [0, 0.1) is 0 Å². The van der Waals surface area contributed by atoms with Crippen molar-refractivity contribution in [1.82, 2.24) is 19.9 Å². The molecule has 0 aliphatic carbocycles. The van der Waals surface area contributed by atoms with E-state index in [1.54, 1.807) is 18.2 Å². The number of fused-ring (bicyclic) bond motifs is 6. The number of aromatic nitrogens is 4. The van der Waals surface area contributed by atoms with Crippen molar-refractivity contribution in [3.63, 3.8) is 0 Å². The first-order valence-electron chi connectivity index (χ1n) is 8.65. The lowest BCUT2D eigenvalue weighted by Crippen LogP contribution is -2.20. The van der Waals surface area contributed by atoms with Crippen LogP contribution in [0.15, 0.2) is 67.0 Å². The third-order valence-corrected chi connectivity index (χ3v) is 4.84. The zero-order valence-corrected chi connectivity index (χ0v) is 16.4. The topological polar surface area (TPSA) is 118 Å². The minimum Gasteiger partial charge on any atom is -0.451 e. The summed E-state index contributed by atoms with van der Waals surface area (Å²) in [4.78, 5) is 35.1. The van der Waals surface area contributed by atoms with Gasteiger partial charge in [-0.15, -0.1) is 0 Å². The maximum Gasteiger partial charge on any atom is 0.326 e. The van der Waals surface area contributed by atoms with Crippen molar-refractivity contribution in [3.05, 3.63) is 79.8 Å². The second kappa shape index (κ2) is 7.01. The Balaban J connectivity index is 0.000000128. The van der Waals surface area contributed by atoms with Gasteiger partial charge in [0.25, 0.3) is 5.56 Å². The Hall–Kier alpha value is -3.62. The van der Waals surface area contributed by atoms with Crippen molar-refractivity contribution < 1.29 is 8.83 Å². The van der Waals surface area contributed by atoms with E-state index in [2.05, 4.69) is 19.9 Å². The molecule has 30 heavy (non-hydrogen) atoms. The number of hydrogen-bond donors (Lipinski definition) is 2. The van der Waals surface area contributed by atoms with Crippen LogP contribution in [0.3, 0.4) is 0 Å². The van der Waals surface area contributed by atoms with Gasteiger partial charge in [0.15, 0.2) is 10.7 Å². The SMILES string of the molecule is Clc1nc(Cl)c2oc3ccccc3c2n1.O=c1[nH]c(=O)c2oc3ccccc3c2[nH]1. The molecule has 4 heterocycles. The number of hydrogen-bond acceptors (Lipinski definition) is 6. The van der Waals surface area contributed by atoms with Crippen LogP contribution in [0.4, 0.5) is 0 Å². The van der Waals surface area contributed by atoms with Gasteiger partial charge in [-0.25, -0.2) is 14.8 Å². The number of H-pyrrole nitrogens is 2. The Morgan fingerprint density at radius 3 is 2.17 bits per heavy atom. The maximum absolute atomic E-state index is 11.4. The first-order valence-corrected chi connectivity index (χ1v) is 9.41. The predicted molar refractivity (Wildman–Crippen MR) is 114 cm³/mol. The summed E-state index contributed by atoms with van der Waals surface area (Å²) in [5, 5.41) is 1.98. The minimum absolute atomic E-state index is 0.124. The van der Waals surface area contributed by atoms with E-state index >= 15 is 0 Å². The molecule has 0 atom stereocenters. The van der Waals surface area contributed by atoms with E-state index in [-0.39, 0.29) is 16.0 Å². The lowest BCUT2D eigenvalue weighted by atomic mass is 10.2. The quantitative estimate of drug-likeness (QED) is 0.262. The minimum atomic E-state index is -0.529. The van der Waals surface area contributed by atoms with Crippen molar-refractivity contribution in [2.24, 2.45) is 0 Å². The highest BCUT2D eigenvalue weighted by Crippen LogP contribution is 2.31. The highest BCUT2D eigenvalue weighted by atomic mass is 35.5. The average molecular weight is 441 g/mol. The van der Waals surface area contributed by atoms with Gasteiger partial charge >= 0.3 is 5.69 Å². The molecule has 4 aromatic heterocycles. The summed E-state index contributed by atoms with van der Waals surface area (Å²) in [6, 6.07) is 14.7. The molecular formula is C20H10Cl2N4O4. The summed E-state index contributed by atoms with van der Waals surface area (Å²) in [6.07, 6.45) is 0. The number of benzene rings is 2. The zero-order chi connectivity index (χ0) is 20.8. The molecule has 0 amide bonds. The molecule has 0 spiro atoms. The first kappa shape index (κ1) is 18.4. The van der Waals surface area contributed by atoms with Gasteiger partial charge in [0.1, 0.15) is 22.2 Å². The predicted octanol–water partition coefficient (Wildman–Crippen LogP) is 4.65. The van der Waals surface area contributed by atoms with Crippen molar-refractivity contribution in [1.29, 1.82) is 0 Å². The molecule has 6 aromatic rings. The molecule has 0 saturated carbocycles. The van der Waals surface area contributed by atoms with Crippen LogP contribution in [0.5, 0.6) is 0 Å². The largest absolute Gasteiger partial charge is 0.451 e. The summed E-state index contributed by atoms with van der Waals surface area (Å²) in [7, 11) is 0. The van der Waals surface area contributed by atoms with Crippen molar-refractivity contribution >= 4 is 67.3 Å². The van der Waals surface area contributed by atoms with Crippen LogP contribution in [-0.4, -0.2) is 19.9 Å². The Morgan fingerprint density at radius 2 is 1.40 bits per heavy atom. The average Bonchev–Trinajstić information content (AvgIpc) is 3.28. The van der Waals surface area contributed by atoms with E-state index < -0.39 is 11.2 Å². The summed E-state index contributed by atoms with van der Waals surface area (Å²) in [6.45, 7) is 0. The molecule has 0 saturated heterocycles. The van der Waals surface area contributed by atoms with Crippen LogP contribution < -0.4 is 11.2 Å². The van der Waals surface area contributed by atoms with E-state index in [4.69, 9.17) is 32.0 Å². The first-order chi connectivity index (χ1) is 14.5. The summed E-state index contributed by atoms with van der Waals surface area (Å²) >= 11 is 11.6. The van der Waals surface area contributed by atoms with Gasteiger partial charge in [-0.3, -0.25) is 9.78 Å². The summed E-state index contributed by atoms with van der Waals surface area (Å²) < 4.78 is 10.8. The number of nitrogens with one attached hydrogen (secondary N) is 2. The molecule has 6 rings (SSSR count). The lowest BCUT2D eigenvalue weighted by Gasteiger charge is -1.91. The molecule has 10 heteroatoms. The molecule has 2 N–H and O–H groups in total. The third kappa shape index (κ3) is 3.02. The normalized spacial score (nSPS) is 11.3. The van der Waals surface area contributed by atoms with Gasteiger partial charge in [-0.2, -0.15) is 0 Å². The third-order valence-electron chi connectivity index (χ3n) is 4.42. The number of para-hydroxylation sites is 2. The fraction of sp³-hybridized carbons (Fsp3) is 0. The van der Waals surface area contributed by atoms with E-state index in [9.17, 15) is 9.59 Å². The highest BCUT2D eigenvalue weighted by Gasteiger charge is 2.13. The number of furan rings is 2. The van der Waals surface area contributed by atoms with E-state index in [0.717, 1.165) is 16.4 Å². The molecule has 0 bridgehead atoms. The van der Waals surface area contributed by atoms with Crippen LogP contribution in [0.1, 0.15) is 0 Å². The van der Waals surface area contributed by atoms with Gasteiger partial charge in [-0.05, 0) is 35.9 Å². The van der Waals surface area contributed by atoms with Gasteiger partial charge in [0, 0.05) is 10.8 Å². The Kier molecular flexibility index (Phi) is 4.30. The van der Waals surface area contributed by atoms with Crippen LogP contribution >= 0.6 is 23.2 Å². The van der Waals surface area contributed by atoms with Crippen molar-refractivity contribution in [2.75, 3.05) is 0 Å². The second-order valence-electron chi connectivity index (χ2n) is 6.27. The number of aromatic amines is 2. The number of nitrogens with zero attached hydrogens (tertiary/aromatic N) is 2. The molecule has 148 valence electrons. The zero-order valence-electron chi connectivity index (χ0n) is 14.9. The molecule has 0 aliphatic heterocycles. The Labute approximate surface area is 176 Å². The fourth-order valence-corrected chi connectivity index (χ4v) is 3.59. The van der Waals surface area contributed by atoms with E-state index in [1.165, 1.54) is 0 Å². The molecule has 8 nitrogen and oxygen atoms in total. The Morgan fingerprint density at radius 1 is 0.767 bits per heavy atom. The van der Waals surface area contributed by atoms with E-state index in [0.29, 0.717) is 22.2 Å². The monoisotopic (exact) mass is 440 g/mol. The van der Waals surface area contributed by atoms with Crippen LogP contribution in [0.2, 0.25) is 10.4 Å². The number of halogens is 2. The van der Waals surface area contributed by atoms with E-state index in [1.807, 2.05) is 30.3 Å². The second-order valence-corrected chi connectivity index (χ2v) is 6.97. The standard InChI is InChI=1S/C10H4Cl2N2O.C10H6N2O3/c11-9-8-7(13-10(12)14-9)5-3-1-2-4-6(5)15-8;13-9-8-7(11-10(14)12-9)5-3-1-2-4-6(5)15-8/h1-4H;1-4H,(H2,11,12,13,14). The maximum atomic E-state index is 11.4. The number of rotatable bonds is 0.